The molecule has 1 unspecified atom stereocenters. The van der Waals surface area contributed by atoms with Crippen LogP contribution in [-0.2, 0) is 23.2 Å². The second-order valence-electron chi connectivity index (χ2n) is 19.2. The van der Waals surface area contributed by atoms with Crippen LogP contribution in [0.15, 0.2) is 23.8 Å². The van der Waals surface area contributed by atoms with Gasteiger partial charge in [-0.3, -0.25) is 9.59 Å². The quantitative estimate of drug-likeness (QED) is 0.0920. The highest BCUT2D eigenvalue weighted by Crippen LogP contribution is 2.47. The molecule has 0 aliphatic heterocycles. The fourth-order valence-electron chi connectivity index (χ4n) is 6.60. The molecule has 2 rings (SSSR count). The Hall–Kier alpha value is -1.23. The highest BCUT2D eigenvalue weighted by Gasteiger charge is 2.45. The van der Waals surface area contributed by atoms with Crippen molar-refractivity contribution in [2.45, 2.75) is 189 Å². The molecule has 0 saturated carbocycles. The Morgan fingerprint density at radius 2 is 1.49 bits per heavy atom. The molecular weight excluding hydrogens is 643 g/mol. The topological polar surface area (TPSA) is 73.9 Å². The molecule has 1 amide bonds. The number of unbranched alkanes of at least 4 members (excludes halogenated alkanes) is 1. The molecule has 6 nitrogen and oxygen atoms in total. The number of nitrogens with one attached hydrogen (secondary N) is 1. The summed E-state index contributed by atoms with van der Waals surface area (Å²) in [7, 11) is -4.31. The molecule has 0 saturated heterocycles. The number of hydrogen-bond acceptors (Lipinski definition) is 5. The lowest BCUT2D eigenvalue weighted by molar-refractivity contribution is -0.164. The number of carbonyl (C=O) groups excluding carboxylic acids is 2. The average Bonchev–Trinajstić information content (AvgIpc) is 2.95. The minimum absolute atomic E-state index is 0.0310. The van der Waals surface area contributed by atoms with Gasteiger partial charge in [-0.05, 0) is 112 Å². The maximum Gasteiger partial charge on any atom is 0.311 e. The molecular formula is C41H77NO5Si2. The normalized spacial score (nSPS) is 24.9. The number of amides is 1. The first-order valence-corrected chi connectivity index (χ1v) is 25.4. The van der Waals surface area contributed by atoms with Gasteiger partial charge in [-0.1, -0.05) is 93.9 Å². The molecule has 0 aromatic heterocycles. The van der Waals surface area contributed by atoms with E-state index < -0.39 is 22.0 Å². The minimum Gasteiger partial charge on any atom is -0.461 e. The van der Waals surface area contributed by atoms with E-state index in [1.165, 1.54) is 5.57 Å². The van der Waals surface area contributed by atoms with Crippen molar-refractivity contribution in [2.24, 2.45) is 29.1 Å². The highest BCUT2D eigenvalue weighted by atomic mass is 28.4. The van der Waals surface area contributed by atoms with Crippen LogP contribution in [0.1, 0.15) is 134 Å². The Morgan fingerprint density at radius 3 is 2.02 bits per heavy atom. The van der Waals surface area contributed by atoms with Gasteiger partial charge >= 0.3 is 5.97 Å². The van der Waals surface area contributed by atoms with Crippen molar-refractivity contribution >= 4 is 28.5 Å². The van der Waals surface area contributed by atoms with E-state index in [0.29, 0.717) is 37.1 Å². The van der Waals surface area contributed by atoms with Crippen LogP contribution in [0.3, 0.4) is 0 Å². The maximum absolute atomic E-state index is 13.4. The Balaban J connectivity index is 2.46. The van der Waals surface area contributed by atoms with Crippen LogP contribution >= 0.6 is 0 Å². The number of fused-ring (bicyclic) bond motifs is 1. The number of ether oxygens (including phenoxy) is 1. The molecule has 2 aliphatic carbocycles. The fraction of sp³-hybridized carbons (Fsp3) is 0.854. The summed E-state index contributed by atoms with van der Waals surface area (Å²) in [5, 5.41) is 3.24. The molecule has 0 aromatic carbocycles. The summed E-state index contributed by atoms with van der Waals surface area (Å²) in [6.07, 6.45) is 13.2. The minimum atomic E-state index is -2.16. The van der Waals surface area contributed by atoms with Gasteiger partial charge < -0.3 is 18.9 Å². The fourth-order valence-corrected chi connectivity index (χ4v) is 9.37. The van der Waals surface area contributed by atoms with Crippen LogP contribution in [-0.4, -0.2) is 53.4 Å². The van der Waals surface area contributed by atoms with Crippen LogP contribution in [0.5, 0.6) is 0 Å². The predicted molar refractivity (Wildman–Crippen MR) is 212 cm³/mol. The van der Waals surface area contributed by atoms with Crippen molar-refractivity contribution in [3.05, 3.63) is 23.8 Å². The molecule has 49 heavy (non-hydrogen) atoms. The first-order chi connectivity index (χ1) is 22.3. The van der Waals surface area contributed by atoms with Crippen LogP contribution in [0, 0.1) is 29.1 Å². The first-order valence-electron chi connectivity index (χ1n) is 19.6. The zero-order valence-corrected chi connectivity index (χ0v) is 36.7. The van der Waals surface area contributed by atoms with Gasteiger partial charge in [0.1, 0.15) is 6.10 Å². The van der Waals surface area contributed by atoms with Crippen molar-refractivity contribution in [2.75, 3.05) is 6.54 Å². The Labute approximate surface area is 304 Å². The van der Waals surface area contributed by atoms with E-state index in [-0.39, 0.29) is 46.2 Å². The molecule has 0 fully saturated rings. The van der Waals surface area contributed by atoms with Gasteiger partial charge in [0, 0.05) is 18.6 Å². The summed E-state index contributed by atoms with van der Waals surface area (Å²) in [6, 6.07) is 0. The second-order valence-corrected chi connectivity index (χ2v) is 28.7. The summed E-state index contributed by atoms with van der Waals surface area (Å²) in [5.41, 5.74) is 0.819. The van der Waals surface area contributed by atoms with Crippen LogP contribution < -0.4 is 5.32 Å². The molecule has 0 radical (unpaired) electrons. The van der Waals surface area contributed by atoms with Crippen molar-refractivity contribution in [1.29, 1.82) is 0 Å². The summed E-state index contributed by atoms with van der Waals surface area (Å²) in [6.45, 7) is 36.4. The van der Waals surface area contributed by atoms with E-state index in [2.05, 4.69) is 119 Å². The number of esters is 1. The van der Waals surface area contributed by atoms with Gasteiger partial charge in [0.2, 0.25) is 5.91 Å². The van der Waals surface area contributed by atoms with Crippen molar-refractivity contribution in [3.8, 4) is 0 Å². The van der Waals surface area contributed by atoms with Gasteiger partial charge in [0.15, 0.2) is 16.6 Å². The van der Waals surface area contributed by atoms with Crippen molar-refractivity contribution in [3.63, 3.8) is 0 Å². The Bertz CT molecular complexity index is 1150. The zero-order chi connectivity index (χ0) is 37.6. The lowest BCUT2D eigenvalue weighted by atomic mass is 9.65. The summed E-state index contributed by atoms with van der Waals surface area (Å²) in [4.78, 5) is 26.7. The Morgan fingerprint density at radius 1 is 0.918 bits per heavy atom. The summed E-state index contributed by atoms with van der Waals surface area (Å²) < 4.78 is 20.8. The molecule has 1 N–H and O–H groups in total. The van der Waals surface area contributed by atoms with Gasteiger partial charge in [0.05, 0.1) is 17.9 Å². The van der Waals surface area contributed by atoms with Crippen LogP contribution in [0.2, 0.25) is 36.3 Å². The summed E-state index contributed by atoms with van der Waals surface area (Å²) >= 11 is 0. The van der Waals surface area contributed by atoms with Crippen LogP contribution in [0.4, 0.5) is 0 Å². The third-order valence-corrected chi connectivity index (χ3v) is 21.5. The molecule has 0 bridgehead atoms. The third kappa shape index (κ3) is 12.5. The van der Waals surface area contributed by atoms with Gasteiger partial charge in [-0.15, -0.1) is 0 Å². The van der Waals surface area contributed by atoms with E-state index in [9.17, 15) is 9.59 Å². The average molecular weight is 720 g/mol. The Kier molecular flexibility index (Phi) is 15.7. The maximum atomic E-state index is 13.4. The smallest absolute Gasteiger partial charge is 0.311 e. The van der Waals surface area contributed by atoms with Crippen molar-refractivity contribution < 1.29 is 23.2 Å². The number of allylic oxidation sites excluding steroid dienone is 3. The van der Waals surface area contributed by atoms with Gasteiger partial charge in [-0.25, -0.2) is 0 Å². The monoisotopic (exact) mass is 720 g/mol. The number of rotatable bonds is 17. The number of carbonyl (C=O) groups is 2. The lowest BCUT2D eigenvalue weighted by Gasteiger charge is -2.45. The van der Waals surface area contributed by atoms with Gasteiger partial charge in [-0.2, -0.15) is 0 Å². The van der Waals surface area contributed by atoms with Crippen molar-refractivity contribution in [1.82, 2.24) is 5.32 Å². The van der Waals surface area contributed by atoms with E-state index in [1.807, 2.05) is 13.8 Å². The molecule has 284 valence electrons. The van der Waals surface area contributed by atoms with E-state index in [0.717, 1.165) is 38.5 Å². The van der Waals surface area contributed by atoms with E-state index >= 15 is 0 Å². The predicted octanol–water partition coefficient (Wildman–Crippen LogP) is 11.0. The summed E-state index contributed by atoms with van der Waals surface area (Å²) in [5.74, 6) is 1.20. The second kappa shape index (κ2) is 17.5. The molecule has 0 aromatic rings. The molecule has 0 heterocycles. The van der Waals surface area contributed by atoms with E-state index in [1.54, 1.807) is 0 Å². The van der Waals surface area contributed by atoms with E-state index in [4.69, 9.17) is 13.6 Å². The molecule has 8 heteroatoms. The van der Waals surface area contributed by atoms with Crippen LogP contribution in [0.25, 0.3) is 0 Å². The largest absolute Gasteiger partial charge is 0.461 e. The SMILES string of the molecule is CCCCNC(=O)C[C@@H](C[C@@H](CC[C@@H]1C2C(=C[C@H](C)C[C@@H]2OC(=O)C(C)(C)CC)C=C[C@@H]1C)O[Si](C)(C)C(C)(C)C)O[Si](C)(C)C(C)(C)C. The third-order valence-electron chi connectivity index (χ3n) is 12.4. The molecule has 7 atom stereocenters. The first kappa shape index (κ1) is 43.9. The van der Waals surface area contributed by atoms with Gasteiger partial charge in [0.25, 0.3) is 0 Å². The molecule has 0 spiro atoms. The standard InChI is InChI=1S/C41H77NO5Si2/c1-17-19-24-42-36(43)28-33(47-49(15,16)40(8,9)10)27-32(46-48(13,14)39(5,6)7)22-23-34-30(4)20-21-31-25-29(3)26-35(37(31)34)45-38(44)41(11,12)18-2/h20-21,25,29-30,32-35,37H,17-19,22-24,26-28H2,1-16H3,(H,42,43)/t29-,30-,32+,33+,34-,35-,37?/m0/s1. The number of hydrogen-bond donors (Lipinski definition) is 1. The zero-order valence-electron chi connectivity index (χ0n) is 34.7. The molecule has 2 aliphatic rings. The lowest BCUT2D eigenvalue weighted by Crippen LogP contribution is -2.48. The highest BCUT2D eigenvalue weighted by molar-refractivity contribution is 6.74.